The topological polar surface area (TPSA) is 23.5 Å². The Kier molecular flexibility index (Phi) is 3.64. The van der Waals surface area contributed by atoms with E-state index in [9.17, 15) is 5.11 Å². The van der Waals surface area contributed by atoms with Crippen LogP contribution in [-0.2, 0) is 5.41 Å². The summed E-state index contributed by atoms with van der Waals surface area (Å²) in [6, 6.07) is 10.4. The van der Waals surface area contributed by atoms with E-state index in [-0.39, 0.29) is 12.0 Å². The third-order valence-electron chi connectivity index (χ3n) is 3.35. The molecule has 3 heteroatoms. The van der Waals surface area contributed by atoms with E-state index in [1.165, 1.54) is 5.56 Å². The Bertz CT molecular complexity index is 307. The molecule has 15 heavy (non-hydrogen) atoms. The first-order chi connectivity index (χ1) is 7.27. The van der Waals surface area contributed by atoms with Crippen molar-refractivity contribution in [3.8, 4) is 0 Å². The molecule has 1 N–H and O–H groups in total. The normalized spacial score (nSPS) is 21.5. The molecule has 1 fully saturated rings. The van der Waals surface area contributed by atoms with Crippen LogP contribution in [0.25, 0.3) is 0 Å². The summed E-state index contributed by atoms with van der Waals surface area (Å²) in [7, 11) is 0. The summed E-state index contributed by atoms with van der Waals surface area (Å²) in [6.45, 7) is 2.40. The van der Waals surface area contributed by atoms with Gasteiger partial charge in [-0.15, -0.1) is 0 Å². The van der Waals surface area contributed by atoms with E-state index in [2.05, 4.69) is 50.2 Å². The Balaban J connectivity index is 2.23. The van der Waals surface area contributed by atoms with Gasteiger partial charge < -0.3 is 5.11 Å². The minimum Gasteiger partial charge on any atom is -0.395 e. The predicted octanol–water partition coefficient (Wildman–Crippen LogP) is 2.36. The molecule has 2 nitrogen and oxygen atoms in total. The van der Waals surface area contributed by atoms with Crippen molar-refractivity contribution < 1.29 is 5.11 Å². The molecule has 0 unspecified atom stereocenters. The summed E-state index contributed by atoms with van der Waals surface area (Å²) >= 11 is 2.36. The number of rotatable bonds is 2. The largest absolute Gasteiger partial charge is 0.395 e. The zero-order valence-electron chi connectivity index (χ0n) is 8.69. The van der Waals surface area contributed by atoms with Crippen LogP contribution in [0.5, 0.6) is 0 Å². The molecular weight excluding hydrogens is 301 g/mol. The van der Waals surface area contributed by atoms with Gasteiger partial charge >= 0.3 is 0 Å². The van der Waals surface area contributed by atoms with Crippen molar-refractivity contribution in [1.82, 2.24) is 3.11 Å². The lowest BCUT2D eigenvalue weighted by Gasteiger charge is -2.39. The molecule has 1 aromatic carbocycles. The zero-order valence-corrected chi connectivity index (χ0v) is 10.9. The van der Waals surface area contributed by atoms with Crippen molar-refractivity contribution in [2.24, 2.45) is 0 Å². The monoisotopic (exact) mass is 317 g/mol. The maximum Gasteiger partial charge on any atom is 0.0528 e. The second-order valence-corrected chi connectivity index (χ2v) is 5.58. The van der Waals surface area contributed by atoms with Gasteiger partial charge in [0, 0.05) is 41.4 Å². The van der Waals surface area contributed by atoms with Gasteiger partial charge in [-0.2, -0.15) is 0 Å². The fourth-order valence-corrected chi connectivity index (χ4v) is 2.72. The quantitative estimate of drug-likeness (QED) is 0.669. The standard InChI is InChI=1S/C12H16INO/c13-14-8-6-12(10-15,7-9-14)11-4-2-1-3-5-11/h1-5,15H,6-10H2. The fourth-order valence-electron chi connectivity index (χ4n) is 2.24. The Morgan fingerprint density at radius 3 is 2.33 bits per heavy atom. The van der Waals surface area contributed by atoms with Gasteiger partial charge in [-0.3, -0.25) is 0 Å². The van der Waals surface area contributed by atoms with Crippen molar-refractivity contribution >= 4 is 22.9 Å². The second-order valence-electron chi connectivity index (χ2n) is 4.21. The van der Waals surface area contributed by atoms with Crippen LogP contribution in [0.4, 0.5) is 0 Å². The lowest BCUT2D eigenvalue weighted by molar-refractivity contribution is 0.142. The first kappa shape index (κ1) is 11.4. The van der Waals surface area contributed by atoms with Crippen LogP contribution in [0.1, 0.15) is 18.4 Å². The molecule has 0 atom stereocenters. The number of nitrogens with zero attached hydrogens (tertiary/aromatic N) is 1. The molecule has 0 radical (unpaired) electrons. The summed E-state index contributed by atoms with van der Waals surface area (Å²) < 4.78 is 2.30. The molecule has 0 spiro atoms. The smallest absolute Gasteiger partial charge is 0.0528 e. The highest BCUT2D eigenvalue weighted by molar-refractivity contribution is 14.1. The molecule has 1 heterocycles. The number of hydrogen-bond acceptors (Lipinski definition) is 2. The molecule has 0 saturated carbocycles. The van der Waals surface area contributed by atoms with Gasteiger partial charge in [0.2, 0.25) is 0 Å². The number of aliphatic hydroxyl groups is 1. The molecule has 0 aromatic heterocycles. The predicted molar refractivity (Wildman–Crippen MR) is 70.0 cm³/mol. The highest BCUT2D eigenvalue weighted by Crippen LogP contribution is 2.35. The van der Waals surface area contributed by atoms with Gasteiger partial charge in [0.05, 0.1) is 6.61 Å². The van der Waals surface area contributed by atoms with Crippen molar-refractivity contribution in [3.05, 3.63) is 35.9 Å². The fraction of sp³-hybridized carbons (Fsp3) is 0.500. The molecule has 0 bridgehead atoms. The second kappa shape index (κ2) is 4.80. The zero-order chi connectivity index (χ0) is 10.7. The Labute approximate surface area is 105 Å². The molecule has 0 aliphatic carbocycles. The minimum absolute atomic E-state index is 0.00291. The van der Waals surface area contributed by atoms with E-state index >= 15 is 0 Å². The lowest BCUT2D eigenvalue weighted by atomic mass is 9.74. The third-order valence-corrected chi connectivity index (χ3v) is 4.32. The number of hydrogen-bond donors (Lipinski definition) is 1. The van der Waals surface area contributed by atoms with E-state index in [4.69, 9.17) is 0 Å². The van der Waals surface area contributed by atoms with E-state index in [0.717, 1.165) is 25.9 Å². The van der Waals surface area contributed by atoms with Crippen LogP contribution in [0, 0.1) is 0 Å². The van der Waals surface area contributed by atoms with Crippen LogP contribution in [0.3, 0.4) is 0 Å². The first-order valence-corrected chi connectivity index (χ1v) is 6.30. The average molecular weight is 317 g/mol. The molecule has 1 aliphatic rings. The summed E-state index contributed by atoms with van der Waals surface area (Å²) in [6.07, 6.45) is 2.10. The minimum atomic E-state index is 0.00291. The van der Waals surface area contributed by atoms with Gasteiger partial charge in [0.1, 0.15) is 0 Å². The maximum absolute atomic E-state index is 9.66. The molecule has 1 saturated heterocycles. The number of benzene rings is 1. The first-order valence-electron chi connectivity index (χ1n) is 5.34. The summed E-state index contributed by atoms with van der Waals surface area (Å²) in [5.41, 5.74) is 1.29. The lowest BCUT2D eigenvalue weighted by Crippen LogP contribution is -2.41. The molecule has 0 amide bonds. The van der Waals surface area contributed by atoms with Crippen molar-refractivity contribution in [2.75, 3.05) is 19.7 Å². The van der Waals surface area contributed by atoms with E-state index in [1.807, 2.05) is 6.07 Å². The Morgan fingerprint density at radius 1 is 1.20 bits per heavy atom. The van der Waals surface area contributed by atoms with Gasteiger partial charge in [-0.25, -0.2) is 3.11 Å². The van der Waals surface area contributed by atoms with Gasteiger partial charge in [-0.05, 0) is 18.4 Å². The van der Waals surface area contributed by atoms with Crippen molar-refractivity contribution in [1.29, 1.82) is 0 Å². The number of aliphatic hydroxyl groups excluding tert-OH is 1. The SMILES string of the molecule is OCC1(c2ccccc2)CCN(I)CC1. The van der Waals surface area contributed by atoms with Crippen molar-refractivity contribution in [3.63, 3.8) is 0 Å². The van der Waals surface area contributed by atoms with E-state index in [1.54, 1.807) is 0 Å². The summed E-state index contributed by atoms with van der Waals surface area (Å²) in [5.74, 6) is 0. The van der Waals surface area contributed by atoms with E-state index in [0.29, 0.717) is 0 Å². The molecular formula is C12H16INO. The van der Waals surface area contributed by atoms with Crippen LogP contribution < -0.4 is 0 Å². The van der Waals surface area contributed by atoms with Gasteiger partial charge in [0.15, 0.2) is 0 Å². The number of halogens is 1. The Hall–Kier alpha value is -0.130. The van der Waals surface area contributed by atoms with Crippen molar-refractivity contribution in [2.45, 2.75) is 18.3 Å². The average Bonchev–Trinajstić information content (AvgIpc) is 2.32. The third kappa shape index (κ3) is 2.34. The highest BCUT2D eigenvalue weighted by atomic mass is 127. The van der Waals surface area contributed by atoms with Crippen LogP contribution in [-0.4, -0.2) is 27.9 Å². The van der Waals surface area contributed by atoms with Crippen LogP contribution >= 0.6 is 22.9 Å². The molecule has 2 rings (SSSR count). The van der Waals surface area contributed by atoms with Gasteiger partial charge in [0.25, 0.3) is 0 Å². The van der Waals surface area contributed by atoms with Gasteiger partial charge in [-0.1, -0.05) is 30.3 Å². The highest BCUT2D eigenvalue weighted by Gasteiger charge is 2.34. The van der Waals surface area contributed by atoms with Crippen LogP contribution in [0.2, 0.25) is 0 Å². The summed E-state index contributed by atoms with van der Waals surface area (Å²) in [4.78, 5) is 0. The maximum atomic E-state index is 9.66. The summed E-state index contributed by atoms with van der Waals surface area (Å²) in [5, 5.41) is 9.66. The molecule has 1 aliphatic heterocycles. The molecule has 1 aromatic rings. The van der Waals surface area contributed by atoms with E-state index < -0.39 is 0 Å². The number of piperidine rings is 1. The molecule has 82 valence electrons. The van der Waals surface area contributed by atoms with Crippen LogP contribution in [0.15, 0.2) is 30.3 Å². The Morgan fingerprint density at radius 2 is 1.80 bits per heavy atom.